The molecule has 0 saturated heterocycles. The standard InChI is InChI=1S/C31H23NO/c33-21-24-18-19-30(29-17-9-8-14-26(24)29)32(25-12-2-1-3-13-25)31-27-15-6-4-10-22(27)20-23-11-5-7-16-28(23)31/h1-20,33H,21H2. The lowest BCUT2D eigenvalue weighted by Crippen LogP contribution is -2.12. The maximum atomic E-state index is 9.97. The van der Waals surface area contributed by atoms with Crippen LogP contribution >= 0.6 is 0 Å². The van der Waals surface area contributed by atoms with Gasteiger partial charge in [0.15, 0.2) is 0 Å². The highest BCUT2D eigenvalue weighted by atomic mass is 16.3. The van der Waals surface area contributed by atoms with Crippen molar-refractivity contribution >= 4 is 49.4 Å². The van der Waals surface area contributed by atoms with E-state index in [4.69, 9.17) is 0 Å². The van der Waals surface area contributed by atoms with Crippen molar-refractivity contribution in [1.29, 1.82) is 0 Å². The van der Waals surface area contributed by atoms with Gasteiger partial charge in [0.25, 0.3) is 0 Å². The zero-order chi connectivity index (χ0) is 22.2. The predicted molar refractivity (Wildman–Crippen MR) is 140 cm³/mol. The molecule has 0 bridgehead atoms. The van der Waals surface area contributed by atoms with Crippen molar-refractivity contribution < 1.29 is 5.11 Å². The molecule has 0 aromatic heterocycles. The Morgan fingerprint density at radius 2 is 1.06 bits per heavy atom. The van der Waals surface area contributed by atoms with Crippen LogP contribution in [0.1, 0.15) is 5.56 Å². The molecule has 0 radical (unpaired) electrons. The average molecular weight is 426 g/mol. The molecular formula is C31H23NO. The Balaban J connectivity index is 1.78. The molecule has 0 aliphatic heterocycles. The van der Waals surface area contributed by atoms with Crippen molar-refractivity contribution in [2.45, 2.75) is 6.61 Å². The summed E-state index contributed by atoms with van der Waals surface area (Å²) in [7, 11) is 0. The van der Waals surface area contributed by atoms with Gasteiger partial charge in [-0.1, -0.05) is 97.1 Å². The second-order valence-electron chi connectivity index (χ2n) is 8.29. The highest BCUT2D eigenvalue weighted by Crippen LogP contribution is 2.45. The van der Waals surface area contributed by atoms with Gasteiger partial charge in [0, 0.05) is 21.8 Å². The molecule has 0 fully saturated rings. The van der Waals surface area contributed by atoms with E-state index >= 15 is 0 Å². The van der Waals surface area contributed by atoms with Crippen molar-refractivity contribution in [2.75, 3.05) is 4.90 Å². The molecule has 158 valence electrons. The van der Waals surface area contributed by atoms with Crippen LogP contribution in [0.25, 0.3) is 32.3 Å². The smallest absolute Gasteiger partial charge is 0.0687 e. The number of para-hydroxylation sites is 1. The van der Waals surface area contributed by atoms with Gasteiger partial charge < -0.3 is 10.0 Å². The topological polar surface area (TPSA) is 23.5 Å². The molecule has 0 saturated carbocycles. The Morgan fingerprint density at radius 1 is 0.515 bits per heavy atom. The number of benzene rings is 6. The third-order valence-corrected chi connectivity index (χ3v) is 6.38. The molecular weight excluding hydrogens is 402 g/mol. The lowest BCUT2D eigenvalue weighted by atomic mass is 9.97. The van der Waals surface area contributed by atoms with Crippen LogP contribution in [0.2, 0.25) is 0 Å². The molecule has 2 nitrogen and oxygen atoms in total. The fourth-order valence-corrected chi connectivity index (χ4v) is 4.87. The van der Waals surface area contributed by atoms with Gasteiger partial charge in [-0.2, -0.15) is 0 Å². The molecule has 0 atom stereocenters. The van der Waals surface area contributed by atoms with E-state index < -0.39 is 0 Å². The molecule has 6 aromatic carbocycles. The zero-order valence-electron chi connectivity index (χ0n) is 18.1. The fraction of sp³-hybridized carbons (Fsp3) is 0.0323. The van der Waals surface area contributed by atoms with E-state index in [0.717, 1.165) is 33.4 Å². The van der Waals surface area contributed by atoms with Gasteiger partial charge in [0.1, 0.15) is 0 Å². The van der Waals surface area contributed by atoms with E-state index in [2.05, 4.69) is 114 Å². The quantitative estimate of drug-likeness (QED) is 0.288. The van der Waals surface area contributed by atoms with Crippen molar-refractivity contribution in [3.8, 4) is 0 Å². The van der Waals surface area contributed by atoms with Gasteiger partial charge in [0.05, 0.1) is 18.0 Å². The van der Waals surface area contributed by atoms with Crippen LogP contribution in [0.4, 0.5) is 17.1 Å². The fourth-order valence-electron chi connectivity index (χ4n) is 4.87. The van der Waals surface area contributed by atoms with Crippen molar-refractivity contribution in [3.05, 3.63) is 127 Å². The number of fused-ring (bicyclic) bond motifs is 3. The summed E-state index contributed by atoms with van der Waals surface area (Å²) in [5.74, 6) is 0. The number of hydrogen-bond donors (Lipinski definition) is 1. The molecule has 6 rings (SSSR count). The van der Waals surface area contributed by atoms with Crippen LogP contribution in [0.5, 0.6) is 0 Å². The third kappa shape index (κ3) is 3.24. The maximum absolute atomic E-state index is 9.97. The van der Waals surface area contributed by atoms with E-state index in [9.17, 15) is 5.11 Å². The molecule has 0 heterocycles. The minimum absolute atomic E-state index is 0.0172. The van der Waals surface area contributed by atoms with Gasteiger partial charge in [0.2, 0.25) is 0 Å². The second kappa shape index (κ2) is 8.09. The number of aliphatic hydroxyl groups is 1. The van der Waals surface area contributed by atoms with Gasteiger partial charge in [-0.15, -0.1) is 0 Å². The Morgan fingerprint density at radius 3 is 1.70 bits per heavy atom. The van der Waals surface area contributed by atoms with E-state index in [1.54, 1.807) is 0 Å². The van der Waals surface area contributed by atoms with Crippen LogP contribution in [0.15, 0.2) is 121 Å². The van der Waals surface area contributed by atoms with E-state index in [0.29, 0.717) is 0 Å². The van der Waals surface area contributed by atoms with Gasteiger partial charge in [-0.3, -0.25) is 0 Å². The summed E-state index contributed by atoms with van der Waals surface area (Å²) >= 11 is 0. The number of aliphatic hydroxyl groups excluding tert-OH is 1. The molecule has 33 heavy (non-hydrogen) atoms. The Hall–Kier alpha value is -4.14. The van der Waals surface area contributed by atoms with Crippen LogP contribution in [-0.4, -0.2) is 5.11 Å². The molecule has 0 aliphatic carbocycles. The zero-order valence-corrected chi connectivity index (χ0v) is 18.1. The Labute approximate surface area is 193 Å². The van der Waals surface area contributed by atoms with Crippen LogP contribution in [0, 0.1) is 0 Å². The third-order valence-electron chi connectivity index (χ3n) is 6.38. The summed E-state index contributed by atoms with van der Waals surface area (Å²) in [5.41, 5.74) is 4.29. The van der Waals surface area contributed by atoms with Gasteiger partial charge >= 0.3 is 0 Å². The highest BCUT2D eigenvalue weighted by molar-refractivity contribution is 6.16. The van der Waals surface area contributed by atoms with Crippen LogP contribution in [0.3, 0.4) is 0 Å². The first-order valence-corrected chi connectivity index (χ1v) is 11.2. The Kier molecular flexibility index (Phi) is 4.79. The average Bonchev–Trinajstić information content (AvgIpc) is 2.89. The highest BCUT2D eigenvalue weighted by Gasteiger charge is 2.20. The molecule has 6 aromatic rings. The van der Waals surface area contributed by atoms with Crippen LogP contribution < -0.4 is 4.90 Å². The number of nitrogens with zero attached hydrogens (tertiary/aromatic N) is 1. The summed E-state index contributed by atoms with van der Waals surface area (Å²) in [4.78, 5) is 2.37. The maximum Gasteiger partial charge on any atom is 0.0687 e. The summed E-state index contributed by atoms with van der Waals surface area (Å²) in [6, 6.07) is 42.5. The van der Waals surface area contributed by atoms with E-state index in [-0.39, 0.29) is 6.61 Å². The SMILES string of the molecule is OCc1ccc(N(c2ccccc2)c2c3ccccc3cc3ccccc23)c2ccccc12. The monoisotopic (exact) mass is 425 g/mol. The normalized spacial score (nSPS) is 11.3. The predicted octanol–water partition coefficient (Wildman–Crippen LogP) is 8.11. The summed E-state index contributed by atoms with van der Waals surface area (Å²) in [6.07, 6.45) is 0. The van der Waals surface area contributed by atoms with E-state index in [1.807, 2.05) is 12.1 Å². The molecule has 0 aliphatic rings. The van der Waals surface area contributed by atoms with Crippen LogP contribution in [-0.2, 0) is 6.61 Å². The van der Waals surface area contributed by atoms with E-state index in [1.165, 1.54) is 21.5 Å². The molecule has 1 N–H and O–H groups in total. The second-order valence-corrected chi connectivity index (χ2v) is 8.29. The summed E-state index contributed by atoms with van der Waals surface area (Å²) < 4.78 is 0. The minimum Gasteiger partial charge on any atom is -0.392 e. The van der Waals surface area contributed by atoms with Crippen molar-refractivity contribution in [3.63, 3.8) is 0 Å². The number of rotatable bonds is 4. The summed E-state index contributed by atoms with van der Waals surface area (Å²) in [5, 5.41) is 17.0. The Bertz CT molecular complexity index is 1550. The first-order valence-electron chi connectivity index (χ1n) is 11.2. The van der Waals surface area contributed by atoms with Crippen molar-refractivity contribution in [1.82, 2.24) is 0 Å². The van der Waals surface area contributed by atoms with Crippen molar-refractivity contribution in [2.24, 2.45) is 0 Å². The van der Waals surface area contributed by atoms with Gasteiger partial charge in [-0.25, -0.2) is 0 Å². The number of anilines is 3. The molecule has 2 heteroatoms. The minimum atomic E-state index is 0.0172. The summed E-state index contributed by atoms with van der Waals surface area (Å²) in [6.45, 7) is 0.0172. The first-order chi connectivity index (χ1) is 16.3. The first kappa shape index (κ1) is 19.5. The molecule has 0 amide bonds. The lowest BCUT2D eigenvalue weighted by molar-refractivity contribution is 0.283. The molecule has 0 unspecified atom stereocenters. The lowest BCUT2D eigenvalue weighted by Gasteiger charge is -2.30. The number of hydrogen-bond acceptors (Lipinski definition) is 2. The van der Waals surface area contributed by atoms with Gasteiger partial charge in [-0.05, 0) is 46.0 Å². The largest absolute Gasteiger partial charge is 0.392 e. The molecule has 0 spiro atoms.